The third-order valence-electron chi connectivity index (χ3n) is 2.38. The molecule has 2 radical (unpaired) electrons. The second-order valence-electron chi connectivity index (χ2n) is 3.96. The number of ketones is 1. The van der Waals surface area contributed by atoms with Gasteiger partial charge >= 0.3 is 0 Å². The molecule has 0 saturated heterocycles. The summed E-state index contributed by atoms with van der Waals surface area (Å²) in [5, 5.41) is 0. The summed E-state index contributed by atoms with van der Waals surface area (Å²) in [4.78, 5) is 11.3. The Morgan fingerprint density at radius 3 is 2.00 bits per heavy atom. The van der Waals surface area contributed by atoms with Crippen molar-refractivity contribution in [2.75, 3.05) is 0 Å². The summed E-state index contributed by atoms with van der Waals surface area (Å²) in [7, 11) is 4.85. The van der Waals surface area contributed by atoms with E-state index in [1.165, 1.54) is 0 Å². The van der Waals surface area contributed by atoms with Gasteiger partial charge in [0, 0.05) is 5.41 Å². The number of carbonyl (C=O) groups excluding carboxylic acids is 1. The van der Waals surface area contributed by atoms with Gasteiger partial charge in [0.2, 0.25) is 0 Å². The highest BCUT2D eigenvalue weighted by atomic mass is 16.1. The van der Waals surface area contributed by atoms with Gasteiger partial charge in [-0.2, -0.15) is 0 Å². The smallest absolute Gasteiger partial charge is 0.139 e. The van der Waals surface area contributed by atoms with Crippen LogP contribution in [0.4, 0.5) is 0 Å². The van der Waals surface area contributed by atoms with Gasteiger partial charge in [-0.3, -0.25) is 4.79 Å². The Morgan fingerprint density at radius 1 is 1.27 bits per heavy atom. The maximum Gasteiger partial charge on any atom is 0.139 e. The Kier molecular flexibility index (Phi) is 5.99. The normalized spacial score (nSPS) is 10.1. The molecule has 0 N–H and O–H groups in total. The molecule has 2 heteroatoms. The van der Waals surface area contributed by atoms with Gasteiger partial charge in [-0.25, -0.2) is 0 Å². The first-order valence-electron chi connectivity index (χ1n) is 5.23. The lowest BCUT2D eigenvalue weighted by molar-refractivity contribution is -0.121. The maximum absolute atomic E-state index is 11.3. The van der Waals surface area contributed by atoms with Crippen LogP contribution in [0.5, 0.6) is 0 Å². The third kappa shape index (κ3) is 4.33. The zero-order valence-corrected chi connectivity index (χ0v) is 10.1. The Hall–Kier alpha value is -1.05. The lowest BCUT2D eigenvalue weighted by Crippen LogP contribution is -2.26. The molecule has 0 amide bonds. The Balaban J connectivity index is 0.000000583. The SMILES string of the molecule is CC(=O)C(C)(C)c1ccccc1.[B]CC. The van der Waals surface area contributed by atoms with Crippen molar-refractivity contribution < 1.29 is 4.79 Å². The van der Waals surface area contributed by atoms with E-state index in [0.717, 1.165) is 11.9 Å². The van der Waals surface area contributed by atoms with Gasteiger partial charge < -0.3 is 0 Å². The van der Waals surface area contributed by atoms with Crippen molar-refractivity contribution in [1.82, 2.24) is 0 Å². The lowest BCUT2D eigenvalue weighted by Gasteiger charge is -2.21. The molecule has 0 unspecified atom stereocenters. The first-order valence-corrected chi connectivity index (χ1v) is 5.23. The summed E-state index contributed by atoms with van der Waals surface area (Å²) < 4.78 is 0. The quantitative estimate of drug-likeness (QED) is 0.673. The average molecular weight is 202 g/mol. The molecule has 0 saturated carbocycles. The molecule has 1 aromatic rings. The summed E-state index contributed by atoms with van der Waals surface area (Å²) in [6.07, 6.45) is 0.750. The molecule has 0 bridgehead atoms. The second kappa shape index (κ2) is 6.44. The van der Waals surface area contributed by atoms with Crippen LogP contribution in [0.2, 0.25) is 6.32 Å². The number of hydrogen-bond donors (Lipinski definition) is 0. The van der Waals surface area contributed by atoms with E-state index >= 15 is 0 Å². The van der Waals surface area contributed by atoms with E-state index in [-0.39, 0.29) is 11.2 Å². The van der Waals surface area contributed by atoms with Gasteiger partial charge in [0.25, 0.3) is 0 Å². The van der Waals surface area contributed by atoms with E-state index in [2.05, 4.69) is 0 Å². The summed E-state index contributed by atoms with van der Waals surface area (Å²) in [6.45, 7) is 7.43. The molecule has 0 spiro atoms. The molecular weight excluding hydrogens is 183 g/mol. The molecule has 1 rings (SSSR count). The Labute approximate surface area is 94.3 Å². The molecule has 0 aliphatic rings. The van der Waals surface area contributed by atoms with Crippen LogP contribution in [-0.2, 0) is 10.2 Å². The number of Topliss-reactive ketones (excluding diaryl/α,β-unsaturated/α-hetero) is 1. The molecule has 15 heavy (non-hydrogen) atoms. The molecule has 0 fully saturated rings. The van der Waals surface area contributed by atoms with Crippen LogP contribution in [0.3, 0.4) is 0 Å². The van der Waals surface area contributed by atoms with Gasteiger partial charge in [-0.05, 0) is 26.3 Å². The van der Waals surface area contributed by atoms with Crippen molar-refractivity contribution in [2.45, 2.75) is 39.4 Å². The van der Waals surface area contributed by atoms with E-state index in [1.54, 1.807) is 6.92 Å². The molecule has 0 heterocycles. The van der Waals surface area contributed by atoms with Crippen LogP contribution < -0.4 is 0 Å². The number of rotatable bonds is 2. The van der Waals surface area contributed by atoms with Crippen LogP contribution >= 0.6 is 0 Å². The lowest BCUT2D eigenvalue weighted by atomic mass is 9.81. The molecule has 1 aromatic carbocycles. The molecule has 0 aromatic heterocycles. The first-order chi connectivity index (χ1) is 6.96. The van der Waals surface area contributed by atoms with Crippen molar-refractivity contribution in [3.8, 4) is 0 Å². The predicted molar refractivity (Wildman–Crippen MR) is 66.4 cm³/mol. The highest BCUT2D eigenvalue weighted by molar-refractivity contribution is 6.08. The van der Waals surface area contributed by atoms with Gasteiger partial charge in [0.1, 0.15) is 5.78 Å². The Bertz CT molecular complexity index is 291. The largest absolute Gasteiger partial charge is 0.299 e. The number of hydrogen-bond acceptors (Lipinski definition) is 1. The minimum absolute atomic E-state index is 0.203. The van der Waals surface area contributed by atoms with Crippen LogP contribution in [0.15, 0.2) is 30.3 Å². The van der Waals surface area contributed by atoms with E-state index in [4.69, 9.17) is 7.85 Å². The second-order valence-corrected chi connectivity index (χ2v) is 3.96. The summed E-state index contributed by atoms with van der Waals surface area (Å²) in [5.74, 6) is 0.203. The number of carbonyl (C=O) groups is 1. The molecule has 0 aliphatic carbocycles. The first kappa shape index (κ1) is 14.0. The van der Waals surface area contributed by atoms with Crippen molar-refractivity contribution >= 4 is 13.6 Å². The fourth-order valence-electron chi connectivity index (χ4n) is 1.06. The van der Waals surface area contributed by atoms with Gasteiger partial charge in [-0.1, -0.05) is 43.6 Å². The minimum Gasteiger partial charge on any atom is -0.299 e. The molecule has 0 atom stereocenters. The molecule has 0 aliphatic heterocycles. The molecular formula is C13H19BO. The standard InChI is InChI=1S/C11H14O.C2H5B/c1-9(12)11(2,3)10-7-5-4-6-8-10;1-2-3/h4-8H,1-3H3;2H2,1H3. The third-order valence-corrected chi connectivity index (χ3v) is 2.38. The van der Waals surface area contributed by atoms with Gasteiger partial charge in [0.05, 0.1) is 7.85 Å². The van der Waals surface area contributed by atoms with Crippen molar-refractivity contribution in [1.29, 1.82) is 0 Å². The highest BCUT2D eigenvalue weighted by Gasteiger charge is 2.25. The maximum atomic E-state index is 11.3. The van der Waals surface area contributed by atoms with Crippen LogP contribution in [-0.4, -0.2) is 13.6 Å². The van der Waals surface area contributed by atoms with Crippen molar-refractivity contribution in [2.24, 2.45) is 0 Å². The predicted octanol–water partition coefficient (Wildman–Crippen LogP) is 3.15. The van der Waals surface area contributed by atoms with Gasteiger partial charge in [0.15, 0.2) is 0 Å². The fraction of sp³-hybridized carbons (Fsp3) is 0.462. The Morgan fingerprint density at radius 2 is 1.67 bits per heavy atom. The summed E-state index contributed by atoms with van der Waals surface area (Å²) >= 11 is 0. The summed E-state index contributed by atoms with van der Waals surface area (Å²) in [6, 6.07) is 9.85. The van der Waals surface area contributed by atoms with Crippen LogP contribution in [0, 0.1) is 0 Å². The summed E-state index contributed by atoms with van der Waals surface area (Å²) in [5.41, 5.74) is 0.735. The average Bonchev–Trinajstić information content (AvgIpc) is 2.20. The topological polar surface area (TPSA) is 17.1 Å². The minimum atomic E-state index is -0.346. The van der Waals surface area contributed by atoms with Crippen molar-refractivity contribution in [3.05, 3.63) is 35.9 Å². The highest BCUT2D eigenvalue weighted by Crippen LogP contribution is 2.23. The van der Waals surface area contributed by atoms with E-state index in [1.807, 2.05) is 51.1 Å². The van der Waals surface area contributed by atoms with E-state index < -0.39 is 0 Å². The number of benzene rings is 1. The monoisotopic (exact) mass is 202 g/mol. The fourth-order valence-corrected chi connectivity index (χ4v) is 1.06. The van der Waals surface area contributed by atoms with E-state index in [0.29, 0.717) is 0 Å². The van der Waals surface area contributed by atoms with Crippen LogP contribution in [0.25, 0.3) is 0 Å². The zero-order valence-electron chi connectivity index (χ0n) is 10.1. The zero-order chi connectivity index (χ0) is 11.9. The van der Waals surface area contributed by atoms with E-state index in [9.17, 15) is 4.79 Å². The van der Waals surface area contributed by atoms with Crippen molar-refractivity contribution in [3.63, 3.8) is 0 Å². The van der Waals surface area contributed by atoms with Crippen LogP contribution in [0.1, 0.15) is 33.3 Å². The molecule has 1 nitrogen and oxygen atoms in total. The van der Waals surface area contributed by atoms with Gasteiger partial charge in [-0.15, -0.1) is 0 Å². The molecule has 80 valence electrons.